The van der Waals surface area contributed by atoms with Crippen LogP contribution in [0.4, 0.5) is 17.6 Å². The van der Waals surface area contributed by atoms with E-state index in [4.69, 9.17) is 4.74 Å². The summed E-state index contributed by atoms with van der Waals surface area (Å²) in [5.41, 5.74) is 1.31. The number of pyridine rings is 1. The molecule has 0 spiro atoms. The van der Waals surface area contributed by atoms with Crippen molar-refractivity contribution in [2.45, 2.75) is 19.1 Å². The molecule has 1 atom stereocenters. The van der Waals surface area contributed by atoms with Crippen molar-refractivity contribution in [3.8, 4) is 11.6 Å². The van der Waals surface area contributed by atoms with Gasteiger partial charge in [-0.1, -0.05) is 0 Å². The lowest BCUT2D eigenvalue weighted by atomic mass is 10.1. The molecule has 0 amide bonds. The molecule has 0 aliphatic carbocycles. The zero-order valence-corrected chi connectivity index (χ0v) is 14.3. The number of aldehydes is 1. The number of ether oxygens (including phenoxy) is 2. The number of likely N-dealkylation sites (N-methyl/N-ethyl adjacent to an activating group) is 1. The number of alkyl halides is 3. The van der Waals surface area contributed by atoms with Gasteiger partial charge in [-0.3, -0.25) is 5.01 Å². The van der Waals surface area contributed by atoms with Crippen molar-refractivity contribution in [1.82, 2.24) is 15.0 Å². The molecule has 2 aliphatic heterocycles. The van der Waals surface area contributed by atoms with E-state index in [2.05, 4.69) is 9.72 Å². The summed E-state index contributed by atoms with van der Waals surface area (Å²) >= 11 is 0. The van der Waals surface area contributed by atoms with Gasteiger partial charge in [-0.25, -0.2) is 14.4 Å². The monoisotopic (exact) mass is 385 g/mol. The SMILES string of the molecule is CC1=C(Oc2ncc(F)cc2OCC(F)(F)F)C=CN2C1=CC(C=O)N2C. The molecule has 0 fully saturated rings. The second kappa shape index (κ2) is 7.03. The van der Waals surface area contributed by atoms with Crippen LogP contribution < -0.4 is 9.47 Å². The molecule has 27 heavy (non-hydrogen) atoms. The first-order chi connectivity index (χ1) is 12.7. The van der Waals surface area contributed by atoms with Crippen LogP contribution in [0.5, 0.6) is 11.6 Å². The first kappa shape index (κ1) is 18.9. The first-order valence-electron chi connectivity index (χ1n) is 7.81. The Morgan fingerprint density at radius 3 is 2.78 bits per heavy atom. The van der Waals surface area contributed by atoms with Crippen molar-refractivity contribution in [3.63, 3.8) is 0 Å². The highest BCUT2D eigenvalue weighted by Gasteiger charge is 2.32. The van der Waals surface area contributed by atoms with Crippen molar-refractivity contribution < 1.29 is 31.8 Å². The minimum Gasteiger partial charge on any atom is -0.478 e. The number of carbonyl (C=O) groups is 1. The molecule has 1 unspecified atom stereocenters. The summed E-state index contributed by atoms with van der Waals surface area (Å²) in [4.78, 5) is 14.8. The van der Waals surface area contributed by atoms with Crippen LogP contribution in [0.25, 0.3) is 0 Å². The molecule has 6 nitrogen and oxygen atoms in total. The molecule has 0 saturated carbocycles. The molecule has 3 rings (SSSR count). The number of rotatable bonds is 5. The third kappa shape index (κ3) is 3.95. The normalized spacial score (nSPS) is 19.9. The standard InChI is InChI=1S/C17H15F4N3O3/c1-10-13-6-12(8-25)23(2)24(13)4-3-14(10)27-16-15(5-11(18)7-22-16)26-9-17(19,20)21/h3-8,12H,9H2,1-2H3. The van der Waals surface area contributed by atoms with Gasteiger partial charge in [-0.2, -0.15) is 13.2 Å². The van der Waals surface area contributed by atoms with E-state index in [-0.39, 0.29) is 11.6 Å². The van der Waals surface area contributed by atoms with Crippen LogP contribution in [-0.2, 0) is 4.79 Å². The Morgan fingerprint density at radius 2 is 2.11 bits per heavy atom. The van der Waals surface area contributed by atoms with E-state index < -0.39 is 30.4 Å². The first-order valence-corrected chi connectivity index (χ1v) is 7.81. The average Bonchev–Trinajstić information content (AvgIpc) is 2.93. The summed E-state index contributed by atoms with van der Waals surface area (Å²) in [6.07, 6.45) is 1.92. The van der Waals surface area contributed by atoms with Crippen LogP contribution in [-0.4, -0.2) is 47.2 Å². The zero-order valence-electron chi connectivity index (χ0n) is 14.3. The topological polar surface area (TPSA) is 54.9 Å². The third-order valence-electron chi connectivity index (χ3n) is 3.99. The fraction of sp³-hybridized carbons (Fsp3) is 0.294. The van der Waals surface area contributed by atoms with Gasteiger partial charge in [0.05, 0.1) is 11.9 Å². The van der Waals surface area contributed by atoms with Gasteiger partial charge in [0, 0.05) is 24.9 Å². The van der Waals surface area contributed by atoms with Gasteiger partial charge >= 0.3 is 6.18 Å². The molecule has 1 aromatic rings. The maximum absolute atomic E-state index is 13.4. The smallest absolute Gasteiger partial charge is 0.422 e. The maximum Gasteiger partial charge on any atom is 0.422 e. The minimum absolute atomic E-state index is 0.286. The lowest BCUT2D eigenvalue weighted by molar-refractivity contribution is -0.153. The molecular weight excluding hydrogens is 370 g/mol. The van der Waals surface area contributed by atoms with Gasteiger partial charge in [0.15, 0.2) is 12.4 Å². The quantitative estimate of drug-likeness (QED) is 0.574. The summed E-state index contributed by atoms with van der Waals surface area (Å²) in [5, 5.41) is 3.44. The molecule has 0 bridgehead atoms. The van der Waals surface area contributed by atoms with E-state index in [0.29, 0.717) is 11.3 Å². The number of allylic oxidation sites excluding steroid dienone is 2. The highest BCUT2D eigenvalue weighted by molar-refractivity contribution is 5.64. The van der Waals surface area contributed by atoms with Gasteiger partial charge in [-0.15, -0.1) is 0 Å². The average molecular weight is 385 g/mol. The second-order valence-corrected chi connectivity index (χ2v) is 5.86. The fourth-order valence-corrected chi connectivity index (χ4v) is 2.62. The molecule has 3 heterocycles. The number of nitrogens with zero attached hydrogens (tertiary/aromatic N) is 3. The van der Waals surface area contributed by atoms with Gasteiger partial charge in [0.2, 0.25) is 0 Å². The Balaban J connectivity index is 1.87. The van der Waals surface area contributed by atoms with Gasteiger partial charge in [-0.05, 0) is 19.1 Å². The highest BCUT2D eigenvalue weighted by Crippen LogP contribution is 2.35. The van der Waals surface area contributed by atoms with Crippen LogP contribution in [0.15, 0.2) is 47.6 Å². The molecule has 144 valence electrons. The number of hydrogen-bond donors (Lipinski definition) is 0. The second-order valence-electron chi connectivity index (χ2n) is 5.86. The number of hydrazine groups is 1. The van der Waals surface area contributed by atoms with Crippen molar-refractivity contribution in [1.29, 1.82) is 0 Å². The van der Waals surface area contributed by atoms with E-state index in [1.807, 2.05) is 0 Å². The van der Waals surface area contributed by atoms with Crippen molar-refractivity contribution in [2.24, 2.45) is 0 Å². The van der Waals surface area contributed by atoms with E-state index in [1.165, 1.54) is 0 Å². The third-order valence-corrected chi connectivity index (χ3v) is 3.99. The van der Waals surface area contributed by atoms with Crippen molar-refractivity contribution >= 4 is 6.29 Å². The molecule has 2 aliphatic rings. The van der Waals surface area contributed by atoms with Crippen LogP contribution in [0.2, 0.25) is 0 Å². The Kier molecular flexibility index (Phi) is 4.92. The Hall–Kier alpha value is -2.88. The summed E-state index contributed by atoms with van der Waals surface area (Å²) in [6, 6.07) is 0.321. The van der Waals surface area contributed by atoms with Crippen LogP contribution in [0.3, 0.4) is 0 Å². The Bertz CT molecular complexity index is 848. The van der Waals surface area contributed by atoms with Crippen LogP contribution in [0.1, 0.15) is 6.92 Å². The number of hydrogen-bond acceptors (Lipinski definition) is 6. The van der Waals surface area contributed by atoms with Gasteiger partial charge < -0.3 is 14.3 Å². The molecule has 10 heteroatoms. The highest BCUT2D eigenvalue weighted by atomic mass is 19.4. The van der Waals surface area contributed by atoms with Gasteiger partial charge in [0.1, 0.15) is 23.9 Å². The van der Waals surface area contributed by atoms with E-state index >= 15 is 0 Å². The summed E-state index contributed by atoms with van der Waals surface area (Å²) in [5.74, 6) is -1.34. The van der Waals surface area contributed by atoms with E-state index in [9.17, 15) is 22.4 Å². The van der Waals surface area contributed by atoms with E-state index in [0.717, 1.165) is 18.5 Å². The number of halogens is 4. The molecule has 0 saturated heterocycles. The Labute approximate surface area is 151 Å². The summed E-state index contributed by atoms with van der Waals surface area (Å²) < 4.78 is 60.8. The lowest BCUT2D eigenvalue weighted by Crippen LogP contribution is -2.37. The molecule has 0 N–H and O–H groups in total. The van der Waals surface area contributed by atoms with Crippen LogP contribution >= 0.6 is 0 Å². The molecular formula is C17H15F4N3O3. The fourth-order valence-electron chi connectivity index (χ4n) is 2.62. The molecule has 0 aromatic carbocycles. The van der Waals surface area contributed by atoms with E-state index in [1.54, 1.807) is 42.3 Å². The number of fused-ring (bicyclic) bond motifs is 1. The summed E-state index contributed by atoms with van der Waals surface area (Å²) in [6.45, 7) is 0.117. The minimum atomic E-state index is -4.59. The maximum atomic E-state index is 13.4. The molecule has 0 radical (unpaired) electrons. The predicted molar refractivity (Wildman–Crippen MR) is 85.8 cm³/mol. The molecule has 1 aromatic heterocycles. The number of carbonyl (C=O) groups excluding carboxylic acids is 1. The zero-order chi connectivity index (χ0) is 19.8. The lowest BCUT2D eigenvalue weighted by Gasteiger charge is -2.31. The van der Waals surface area contributed by atoms with Crippen molar-refractivity contribution in [2.75, 3.05) is 13.7 Å². The van der Waals surface area contributed by atoms with Crippen molar-refractivity contribution in [3.05, 3.63) is 53.5 Å². The largest absolute Gasteiger partial charge is 0.478 e. The summed E-state index contributed by atoms with van der Waals surface area (Å²) in [7, 11) is 1.73. The van der Waals surface area contributed by atoms with Crippen LogP contribution in [0, 0.1) is 5.82 Å². The number of aromatic nitrogens is 1. The predicted octanol–water partition coefficient (Wildman–Crippen LogP) is 2.96. The Morgan fingerprint density at radius 1 is 1.37 bits per heavy atom. The van der Waals surface area contributed by atoms with Gasteiger partial charge in [0.25, 0.3) is 5.88 Å².